The lowest BCUT2D eigenvalue weighted by Crippen LogP contribution is -2.31. The van der Waals surface area contributed by atoms with Gasteiger partial charge in [0.05, 0.1) is 18.5 Å². The number of carbonyl (C=O) groups excluding carboxylic acids is 1. The molecule has 1 atom stereocenters. The summed E-state index contributed by atoms with van der Waals surface area (Å²) in [6.07, 6.45) is 1.16. The Morgan fingerprint density at radius 1 is 1.43 bits per heavy atom. The highest BCUT2D eigenvalue weighted by molar-refractivity contribution is 6.16. The Morgan fingerprint density at radius 2 is 2.17 bits per heavy atom. The number of halogens is 1. The fraction of sp³-hybridized carbons (Fsp3) is 0.562. The Labute approximate surface area is 139 Å². The number of carbonyl (C=O) groups is 1. The van der Waals surface area contributed by atoms with Crippen LogP contribution in [0.25, 0.3) is 11.2 Å². The van der Waals surface area contributed by atoms with Gasteiger partial charge in [0, 0.05) is 6.61 Å². The second-order valence-corrected chi connectivity index (χ2v) is 6.86. The number of fused-ring (bicyclic) bond motifs is 1. The van der Waals surface area contributed by atoms with Crippen LogP contribution in [0.3, 0.4) is 0 Å². The summed E-state index contributed by atoms with van der Waals surface area (Å²) in [7, 11) is 0. The van der Waals surface area contributed by atoms with Crippen LogP contribution in [0.15, 0.2) is 12.1 Å². The summed E-state index contributed by atoms with van der Waals surface area (Å²) >= 11 is 5.99. The summed E-state index contributed by atoms with van der Waals surface area (Å²) in [5.74, 6) is 0.565. The third-order valence-electron chi connectivity index (χ3n) is 3.58. The van der Waals surface area contributed by atoms with Crippen molar-refractivity contribution in [1.29, 1.82) is 0 Å². The molecule has 6 nitrogen and oxygen atoms in total. The molecule has 2 aromatic heterocycles. The first-order chi connectivity index (χ1) is 10.9. The molecule has 0 unspecified atom stereocenters. The van der Waals surface area contributed by atoms with Crippen LogP contribution in [0.2, 0.25) is 0 Å². The maximum atomic E-state index is 12.2. The molecule has 1 aliphatic heterocycles. The Morgan fingerprint density at radius 3 is 2.74 bits per heavy atom. The van der Waals surface area contributed by atoms with Crippen LogP contribution < -0.4 is 0 Å². The summed E-state index contributed by atoms with van der Waals surface area (Å²) in [4.78, 5) is 21.1. The second-order valence-electron chi connectivity index (χ2n) is 6.59. The zero-order valence-electron chi connectivity index (χ0n) is 13.5. The topological polar surface area (TPSA) is 66.2 Å². The molecular weight excluding hydrogens is 318 g/mol. The molecule has 0 bridgehead atoms. The molecule has 124 valence electrons. The highest BCUT2D eigenvalue weighted by Gasteiger charge is 2.24. The Bertz CT molecular complexity index is 732. The molecule has 23 heavy (non-hydrogen) atoms. The Hall–Kier alpha value is -1.66. The molecule has 0 radical (unpaired) electrons. The number of alkyl halides is 1. The van der Waals surface area contributed by atoms with Crippen LogP contribution in [-0.2, 0) is 21.9 Å². The van der Waals surface area contributed by atoms with Gasteiger partial charge in [-0.05, 0) is 39.3 Å². The van der Waals surface area contributed by atoms with Crippen molar-refractivity contribution in [2.24, 2.45) is 0 Å². The van der Waals surface area contributed by atoms with Crippen molar-refractivity contribution in [1.82, 2.24) is 14.5 Å². The second kappa shape index (κ2) is 6.09. The van der Waals surface area contributed by atoms with Gasteiger partial charge >= 0.3 is 5.97 Å². The van der Waals surface area contributed by atoms with Gasteiger partial charge in [0.25, 0.3) is 0 Å². The zero-order chi connectivity index (χ0) is 16.6. The lowest BCUT2D eigenvalue weighted by Gasteiger charge is -2.27. The van der Waals surface area contributed by atoms with Crippen molar-refractivity contribution in [3.63, 3.8) is 0 Å². The lowest BCUT2D eigenvalue weighted by molar-refractivity contribution is -0.0590. The summed E-state index contributed by atoms with van der Waals surface area (Å²) in [5.41, 5.74) is 1.06. The number of pyridine rings is 1. The van der Waals surface area contributed by atoms with E-state index < -0.39 is 11.6 Å². The van der Waals surface area contributed by atoms with Gasteiger partial charge in [0.1, 0.15) is 16.9 Å². The van der Waals surface area contributed by atoms with E-state index in [0.717, 1.165) is 18.9 Å². The van der Waals surface area contributed by atoms with Crippen molar-refractivity contribution in [3.05, 3.63) is 23.7 Å². The minimum atomic E-state index is -0.560. The zero-order valence-corrected chi connectivity index (χ0v) is 14.3. The summed E-state index contributed by atoms with van der Waals surface area (Å²) in [5, 5.41) is 0. The number of ether oxygens (including phenoxy) is 2. The highest BCUT2D eigenvalue weighted by atomic mass is 35.5. The monoisotopic (exact) mass is 337 g/mol. The maximum absolute atomic E-state index is 12.2. The minimum Gasteiger partial charge on any atom is -0.455 e. The van der Waals surface area contributed by atoms with E-state index in [1.165, 1.54) is 0 Å². The molecule has 0 spiro atoms. The van der Waals surface area contributed by atoms with E-state index in [-0.39, 0.29) is 17.7 Å². The standard InChI is InChI=1S/C16H20ClN3O3/c1-16(2,3)23-15(21)12-5-4-11-14(19-12)20(13(8-17)18-11)9-10-6-7-22-10/h4-5,10H,6-9H2,1-3H3/t10-/m0/s1. The molecule has 7 heteroatoms. The van der Waals surface area contributed by atoms with Crippen molar-refractivity contribution in [2.75, 3.05) is 6.61 Å². The largest absolute Gasteiger partial charge is 0.455 e. The molecule has 0 saturated carbocycles. The average Bonchev–Trinajstić information content (AvgIpc) is 2.77. The molecule has 1 aliphatic rings. The number of esters is 1. The van der Waals surface area contributed by atoms with Crippen LogP contribution in [0, 0.1) is 0 Å². The fourth-order valence-corrected chi connectivity index (χ4v) is 2.62. The van der Waals surface area contributed by atoms with Gasteiger partial charge in [0.2, 0.25) is 0 Å². The van der Waals surface area contributed by atoms with Crippen molar-refractivity contribution < 1.29 is 14.3 Å². The summed E-state index contributed by atoms with van der Waals surface area (Å²) < 4.78 is 12.8. The van der Waals surface area contributed by atoms with E-state index in [1.54, 1.807) is 12.1 Å². The Kier molecular flexibility index (Phi) is 4.29. The van der Waals surface area contributed by atoms with E-state index in [2.05, 4.69) is 9.97 Å². The van der Waals surface area contributed by atoms with E-state index in [0.29, 0.717) is 17.7 Å². The van der Waals surface area contributed by atoms with Crippen molar-refractivity contribution in [2.45, 2.75) is 51.3 Å². The lowest BCUT2D eigenvalue weighted by atomic mass is 10.2. The van der Waals surface area contributed by atoms with Crippen LogP contribution in [0.5, 0.6) is 0 Å². The van der Waals surface area contributed by atoms with Crippen molar-refractivity contribution in [3.8, 4) is 0 Å². The first kappa shape index (κ1) is 16.2. The quantitative estimate of drug-likeness (QED) is 0.634. The fourth-order valence-electron chi connectivity index (χ4n) is 2.42. The molecule has 2 aromatic rings. The van der Waals surface area contributed by atoms with E-state index in [4.69, 9.17) is 21.1 Å². The molecule has 0 aliphatic carbocycles. The van der Waals surface area contributed by atoms with Gasteiger partial charge in [0.15, 0.2) is 11.3 Å². The van der Waals surface area contributed by atoms with Crippen LogP contribution in [0.4, 0.5) is 0 Å². The average molecular weight is 338 g/mol. The van der Waals surface area contributed by atoms with E-state index >= 15 is 0 Å². The molecule has 3 rings (SSSR count). The molecule has 0 N–H and O–H groups in total. The van der Waals surface area contributed by atoms with Gasteiger partial charge in [-0.25, -0.2) is 14.8 Å². The normalized spacial score (nSPS) is 18.0. The molecule has 3 heterocycles. The minimum absolute atomic E-state index is 0.154. The summed E-state index contributed by atoms with van der Waals surface area (Å²) in [6, 6.07) is 3.40. The van der Waals surface area contributed by atoms with Gasteiger partial charge in [-0.1, -0.05) is 0 Å². The number of nitrogens with zero attached hydrogens (tertiary/aromatic N) is 3. The van der Waals surface area contributed by atoms with E-state index in [9.17, 15) is 4.79 Å². The van der Waals surface area contributed by atoms with Crippen LogP contribution >= 0.6 is 11.6 Å². The molecular formula is C16H20ClN3O3. The first-order valence-electron chi connectivity index (χ1n) is 7.64. The first-order valence-corrected chi connectivity index (χ1v) is 8.18. The molecule has 1 fully saturated rings. The number of imidazole rings is 1. The van der Waals surface area contributed by atoms with Crippen LogP contribution in [-0.4, -0.2) is 38.8 Å². The van der Waals surface area contributed by atoms with Gasteiger partial charge < -0.3 is 14.0 Å². The van der Waals surface area contributed by atoms with Crippen molar-refractivity contribution >= 4 is 28.7 Å². The number of rotatable bonds is 4. The molecule has 1 saturated heterocycles. The molecule has 0 amide bonds. The SMILES string of the molecule is CC(C)(C)OC(=O)c1ccc2nc(CCl)n(C[C@@H]3CCO3)c2n1. The van der Waals surface area contributed by atoms with Gasteiger partial charge in [-0.3, -0.25) is 0 Å². The summed E-state index contributed by atoms with van der Waals surface area (Å²) in [6.45, 7) is 6.90. The van der Waals surface area contributed by atoms with Crippen LogP contribution in [0.1, 0.15) is 43.5 Å². The van der Waals surface area contributed by atoms with Gasteiger partial charge in [-0.2, -0.15) is 0 Å². The van der Waals surface area contributed by atoms with E-state index in [1.807, 2.05) is 25.3 Å². The maximum Gasteiger partial charge on any atom is 0.357 e. The third-order valence-corrected chi connectivity index (χ3v) is 3.82. The predicted octanol–water partition coefficient (Wildman–Crippen LogP) is 2.91. The smallest absolute Gasteiger partial charge is 0.357 e. The Balaban J connectivity index is 1.96. The highest BCUT2D eigenvalue weighted by Crippen LogP contribution is 2.22. The predicted molar refractivity (Wildman–Crippen MR) is 86.6 cm³/mol. The number of hydrogen-bond donors (Lipinski definition) is 0. The number of aromatic nitrogens is 3. The molecule has 0 aromatic carbocycles. The third kappa shape index (κ3) is 3.48. The number of hydrogen-bond acceptors (Lipinski definition) is 5. The van der Waals surface area contributed by atoms with Gasteiger partial charge in [-0.15, -0.1) is 11.6 Å².